The zero-order chi connectivity index (χ0) is 20.2. The number of aliphatic hydroxyl groups excluding tert-OH is 1. The fourth-order valence-corrected chi connectivity index (χ4v) is 4.67. The van der Waals surface area contributed by atoms with Gasteiger partial charge in [0, 0.05) is 22.4 Å². The van der Waals surface area contributed by atoms with E-state index in [9.17, 15) is 23.1 Å². The summed E-state index contributed by atoms with van der Waals surface area (Å²) in [7, 11) is 0. The summed E-state index contributed by atoms with van der Waals surface area (Å²) in [6.45, 7) is 1.16. The van der Waals surface area contributed by atoms with Crippen molar-refractivity contribution in [1.29, 1.82) is 0 Å². The van der Waals surface area contributed by atoms with Crippen LogP contribution in [0.3, 0.4) is 0 Å². The number of aliphatic hydroxyl groups is 1. The number of fused-ring (bicyclic) bond motifs is 3. The standard InChI is InChI=1S/C19H14ClF3N2O2S/c1-9-16-12(5-4-11-17(16)10(20)7-15(27)24-11)25(8-14(26)19(21,22)23)18(9)13-3-2-6-28-13/h2-7,14,26H,8H2,1H3,(H,24,27)/t14-/m0/s1. The second kappa shape index (κ2) is 6.65. The Morgan fingerprint density at radius 3 is 2.68 bits per heavy atom. The fraction of sp³-hybridized carbons (Fsp3) is 0.211. The normalized spacial score (nSPS) is 13.5. The number of aromatic amines is 1. The van der Waals surface area contributed by atoms with Gasteiger partial charge >= 0.3 is 6.18 Å². The van der Waals surface area contributed by atoms with Crippen LogP contribution in [0.2, 0.25) is 5.02 Å². The topological polar surface area (TPSA) is 58.0 Å². The number of hydrogen-bond donors (Lipinski definition) is 2. The van der Waals surface area contributed by atoms with Gasteiger partial charge in [0.25, 0.3) is 0 Å². The summed E-state index contributed by atoms with van der Waals surface area (Å²) < 4.78 is 40.6. The van der Waals surface area contributed by atoms with E-state index in [1.54, 1.807) is 19.1 Å². The number of nitrogens with one attached hydrogen (secondary N) is 1. The van der Waals surface area contributed by atoms with Crippen LogP contribution in [-0.2, 0) is 6.54 Å². The first-order valence-electron chi connectivity index (χ1n) is 8.31. The van der Waals surface area contributed by atoms with E-state index in [1.807, 2.05) is 17.5 Å². The lowest BCUT2D eigenvalue weighted by Gasteiger charge is -2.18. The van der Waals surface area contributed by atoms with Crippen LogP contribution in [0.25, 0.3) is 32.4 Å². The predicted octanol–water partition coefficient (Wildman–Crippen LogP) is 5.10. The molecule has 0 bridgehead atoms. The number of hydrogen-bond acceptors (Lipinski definition) is 3. The van der Waals surface area contributed by atoms with E-state index >= 15 is 0 Å². The summed E-state index contributed by atoms with van der Waals surface area (Å²) in [6.07, 6.45) is -7.25. The Labute approximate surface area is 165 Å². The SMILES string of the molecule is Cc1c(-c2cccs2)n(C[C@H](O)C(F)(F)F)c2ccc3[nH]c(=O)cc(Cl)c3c12. The molecule has 0 spiro atoms. The second-order valence-corrected chi connectivity index (χ2v) is 7.84. The number of nitrogens with zero attached hydrogens (tertiary/aromatic N) is 1. The van der Waals surface area contributed by atoms with Gasteiger partial charge in [-0.25, -0.2) is 0 Å². The molecule has 0 radical (unpaired) electrons. The molecule has 4 nitrogen and oxygen atoms in total. The maximum atomic E-state index is 13.1. The van der Waals surface area contributed by atoms with Crippen molar-refractivity contribution in [2.75, 3.05) is 0 Å². The van der Waals surface area contributed by atoms with Crippen LogP contribution in [0.4, 0.5) is 13.2 Å². The quantitative estimate of drug-likeness (QED) is 0.479. The van der Waals surface area contributed by atoms with Gasteiger partial charge < -0.3 is 14.7 Å². The molecule has 2 N–H and O–H groups in total. The second-order valence-electron chi connectivity index (χ2n) is 6.48. The summed E-state index contributed by atoms with van der Waals surface area (Å²) in [5, 5.41) is 13.0. The summed E-state index contributed by atoms with van der Waals surface area (Å²) >= 11 is 7.71. The van der Waals surface area contributed by atoms with Crippen molar-refractivity contribution in [3.8, 4) is 10.6 Å². The maximum absolute atomic E-state index is 13.1. The van der Waals surface area contributed by atoms with Crippen LogP contribution in [0.15, 0.2) is 40.5 Å². The summed E-state index contributed by atoms with van der Waals surface area (Å²) in [5.41, 5.74) is 1.96. The molecule has 4 rings (SSSR count). The van der Waals surface area contributed by atoms with Gasteiger partial charge in [0.1, 0.15) is 0 Å². The minimum atomic E-state index is -4.74. The molecule has 28 heavy (non-hydrogen) atoms. The lowest BCUT2D eigenvalue weighted by molar-refractivity contribution is -0.207. The Morgan fingerprint density at radius 2 is 2.04 bits per heavy atom. The molecular formula is C19H14ClF3N2O2S. The van der Waals surface area contributed by atoms with Gasteiger partial charge in [0.2, 0.25) is 5.56 Å². The molecule has 0 aliphatic rings. The third-order valence-electron chi connectivity index (χ3n) is 4.72. The Kier molecular flexibility index (Phi) is 4.52. The molecule has 3 heterocycles. The van der Waals surface area contributed by atoms with E-state index < -0.39 is 18.8 Å². The molecule has 0 unspecified atom stereocenters. The zero-order valence-corrected chi connectivity index (χ0v) is 16.0. The van der Waals surface area contributed by atoms with E-state index in [2.05, 4.69) is 4.98 Å². The third-order valence-corrected chi connectivity index (χ3v) is 5.89. The highest BCUT2D eigenvalue weighted by Crippen LogP contribution is 2.41. The molecule has 0 fully saturated rings. The Morgan fingerprint density at radius 1 is 1.29 bits per heavy atom. The third kappa shape index (κ3) is 3.01. The van der Waals surface area contributed by atoms with Gasteiger partial charge in [0.15, 0.2) is 6.10 Å². The fourth-order valence-electron chi connectivity index (χ4n) is 3.54. The smallest absolute Gasteiger partial charge is 0.382 e. The number of H-pyrrole nitrogens is 1. The summed E-state index contributed by atoms with van der Waals surface area (Å²) in [5.74, 6) is 0. The molecule has 0 saturated carbocycles. The lowest BCUT2D eigenvalue weighted by atomic mass is 10.1. The average Bonchev–Trinajstić information content (AvgIpc) is 3.21. The molecule has 9 heteroatoms. The molecule has 0 saturated heterocycles. The largest absolute Gasteiger partial charge is 0.416 e. The predicted molar refractivity (Wildman–Crippen MR) is 105 cm³/mol. The number of halogens is 4. The summed E-state index contributed by atoms with van der Waals surface area (Å²) in [6, 6.07) is 8.11. The van der Waals surface area contributed by atoms with E-state index in [1.165, 1.54) is 22.0 Å². The number of alkyl halides is 3. The van der Waals surface area contributed by atoms with E-state index in [4.69, 9.17) is 11.6 Å². The van der Waals surface area contributed by atoms with Gasteiger partial charge in [-0.1, -0.05) is 17.7 Å². The highest BCUT2D eigenvalue weighted by molar-refractivity contribution is 7.13. The van der Waals surface area contributed by atoms with Crippen LogP contribution in [0.1, 0.15) is 5.56 Å². The molecule has 4 aromatic rings. The average molecular weight is 427 g/mol. The van der Waals surface area contributed by atoms with Gasteiger partial charge in [-0.2, -0.15) is 13.2 Å². The molecule has 146 valence electrons. The van der Waals surface area contributed by atoms with E-state index in [0.29, 0.717) is 27.5 Å². The van der Waals surface area contributed by atoms with E-state index in [-0.39, 0.29) is 10.6 Å². The number of benzene rings is 1. The number of aromatic nitrogens is 2. The molecule has 0 aliphatic heterocycles. The van der Waals surface area contributed by atoms with Crippen molar-refractivity contribution in [3.63, 3.8) is 0 Å². The molecule has 1 aromatic carbocycles. The van der Waals surface area contributed by atoms with Crippen LogP contribution in [0, 0.1) is 6.92 Å². The van der Waals surface area contributed by atoms with Crippen molar-refractivity contribution in [1.82, 2.24) is 9.55 Å². The summed E-state index contributed by atoms with van der Waals surface area (Å²) in [4.78, 5) is 15.2. The first-order chi connectivity index (χ1) is 13.2. The van der Waals surface area contributed by atoms with Crippen LogP contribution in [0.5, 0.6) is 0 Å². The Hall–Kier alpha value is -2.29. The van der Waals surface area contributed by atoms with Gasteiger partial charge in [-0.3, -0.25) is 4.79 Å². The van der Waals surface area contributed by atoms with Crippen molar-refractivity contribution in [2.45, 2.75) is 25.7 Å². The van der Waals surface area contributed by atoms with Crippen molar-refractivity contribution in [2.24, 2.45) is 0 Å². The monoisotopic (exact) mass is 426 g/mol. The minimum Gasteiger partial charge on any atom is -0.382 e. The molecule has 1 atom stereocenters. The van der Waals surface area contributed by atoms with Gasteiger partial charge in [0.05, 0.1) is 27.7 Å². The van der Waals surface area contributed by atoms with Crippen LogP contribution in [-0.4, -0.2) is 26.9 Å². The first-order valence-corrected chi connectivity index (χ1v) is 9.57. The minimum absolute atomic E-state index is 0.221. The molecule has 0 amide bonds. The Bertz CT molecular complexity index is 1240. The van der Waals surface area contributed by atoms with Crippen molar-refractivity contribution in [3.05, 3.63) is 56.7 Å². The highest BCUT2D eigenvalue weighted by Gasteiger charge is 2.39. The van der Waals surface area contributed by atoms with Crippen LogP contribution < -0.4 is 5.56 Å². The van der Waals surface area contributed by atoms with Crippen molar-refractivity contribution >= 4 is 44.7 Å². The number of thiophene rings is 1. The highest BCUT2D eigenvalue weighted by atomic mass is 35.5. The lowest BCUT2D eigenvalue weighted by Crippen LogP contribution is -2.32. The maximum Gasteiger partial charge on any atom is 0.416 e. The van der Waals surface area contributed by atoms with E-state index in [0.717, 1.165) is 10.4 Å². The number of rotatable bonds is 3. The Balaban J connectivity index is 2.10. The molecular weight excluding hydrogens is 413 g/mol. The van der Waals surface area contributed by atoms with Crippen molar-refractivity contribution < 1.29 is 18.3 Å². The van der Waals surface area contributed by atoms with Crippen LogP contribution >= 0.6 is 22.9 Å². The number of aryl methyl sites for hydroxylation is 1. The molecule has 0 aliphatic carbocycles. The number of pyridine rings is 1. The van der Waals surface area contributed by atoms with Gasteiger partial charge in [-0.15, -0.1) is 11.3 Å². The molecule has 3 aromatic heterocycles. The zero-order valence-electron chi connectivity index (χ0n) is 14.5. The van der Waals surface area contributed by atoms with Gasteiger partial charge in [-0.05, 0) is 36.1 Å². The first kappa shape index (κ1) is 19.0.